The molecule has 0 bridgehead atoms. The number of H-pyrrole nitrogens is 1. The molecule has 1 saturated carbocycles. The molecule has 0 radical (unpaired) electrons. The van der Waals surface area contributed by atoms with Crippen molar-refractivity contribution in [1.29, 1.82) is 0 Å². The summed E-state index contributed by atoms with van der Waals surface area (Å²) in [5.74, 6) is 1.35. The maximum Gasteiger partial charge on any atom is 0.225 e. The molecule has 90 valence electrons. The Morgan fingerprint density at radius 2 is 2.29 bits per heavy atom. The number of ether oxygens (including phenoxy) is 1. The molecule has 0 aromatic carbocycles. The maximum absolute atomic E-state index is 6.07. The van der Waals surface area contributed by atoms with Gasteiger partial charge < -0.3 is 4.74 Å². The lowest BCUT2D eigenvalue weighted by atomic mass is 10.1. The summed E-state index contributed by atoms with van der Waals surface area (Å²) < 4.78 is 6.07. The summed E-state index contributed by atoms with van der Waals surface area (Å²) >= 11 is 0. The zero-order chi connectivity index (χ0) is 11.8. The molecular weight excluding hydrogens is 214 g/mol. The van der Waals surface area contributed by atoms with Crippen molar-refractivity contribution in [1.82, 2.24) is 15.2 Å². The molecule has 1 fully saturated rings. The summed E-state index contributed by atoms with van der Waals surface area (Å²) in [6.45, 7) is 4.25. The fourth-order valence-electron chi connectivity index (χ4n) is 2.60. The fourth-order valence-corrected chi connectivity index (χ4v) is 2.60. The third-order valence-electron chi connectivity index (χ3n) is 3.66. The monoisotopic (exact) mass is 231 g/mol. The Bertz CT molecular complexity index is 534. The van der Waals surface area contributed by atoms with E-state index in [0.717, 1.165) is 28.9 Å². The zero-order valence-corrected chi connectivity index (χ0v) is 10.2. The highest BCUT2D eigenvalue weighted by Crippen LogP contribution is 2.32. The number of hydrogen-bond acceptors (Lipinski definition) is 3. The van der Waals surface area contributed by atoms with E-state index < -0.39 is 0 Å². The van der Waals surface area contributed by atoms with Gasteiger partial charge in [0.1, 0.15) is 6.10 Å². The third kappa shape index (κ3) is 1.77. The van der Waals surface area contributed by atoms with Gasteiger partial charge in [0, 0.05) is 11.9 Å². The van der Waals surface area contributed by atoms with Crippen LogP contribution >= 0.6 is 0 Å². The normalized spacial score (nSPS) is 24.4. The van der Waals surface area contributed by atoms with Gasteiger partial charge in [-0.2, -0.15) is 5.10 Å². The summed E-state index contributed by atoms with van der Waals surface area (Å²) in [6.07, 6.45) is 5.72. The molecule has 2 aromatic rings. The minimum absolute atomic E-state index is 0.308. The molecule has 0 aliphatic heterocycles. The molecule has 1 N–H and O–H groups in total. The van der Waals surface area contributed by atoms with Crippen LogP contribution in [0.4, 0.5) is 0 Å². The van der Waals surface area contributed by atoms with E-state index in [2.05, 4.69) is 22.1 Å². The van der Waals surface area contributed by atoms with Crippen molar-refractivity contribution in [2.75, 3.05) is 0 Å². The number of aromatic amines is 1. The molecule has 1 aliphatic carbocycles. The van der Waals surface area contributed by atoms with E-state index in [1.807, 2.05) is 13.0 Å². The van der Waals surface area contributed by atoms with E-state index in [4.69, 9.17) is 4.74 Å². The maximum atomic E-state index is 6.07. The lowest BCUT2D eigenvalue weighted by Gasteiger charge is -2.17. The van der Waals surface area contributed by atoms with Gasteiger partial charge in [-0.15, -0.1) is 0 Å². The van der Waals surface area contributed by atoms with Gasteiger partial charge in [-0.1, -0.05) is 6.92 Å². The molecule has 3 rings (SSSR count). The smallest absolute Gasteiger partial charge is 0.225 e. The second kappa shape index (κ2) is 4.02. The minimum Gasteiger partial charge on any atom is -0.474 e. The van der Waals surface area contributed by atoms with E-state index in [9.17, 15) is 0 Å². The summed E-state index contributed by atoms with van der Waals surface area (Å²) in [5.41, 5.74) is 1.95. The number of hydrogen-bond donors (Lipinski definition) is 1. The first-order valence-electron chi connectivity index (χ1n) is 6.22. The van der Waals surface area contributed by atoms with Crippen LogP contribution in [-0.2, 0) is 0 Å². The van der Waals surface area contributed by atoms with Crippen molar-refractivity contribution >= 4 is 10.9 Å². The van der Waals surface area contributed by atoms with Crippen LogP contribution in [-0.4, -0.2) is 21.3 Å². The van der Waals surface area contributed by atoms with Crippen molar-refractivity contribution in [3.63, 3.8) is 0 Å². The van der Waals surface area contributed by atoms with Crippen molar-refractivity contribution in [2.24, 2.45) is 5.92 Å². The van der Waals surface area contributed by atoms with Gasteiger partial charge >= 0.3 is 0 Å². The van der Waals surface area contributed by atoms with Gasteiger partial charge in [0.25, 0.3) is 0 Å². The van der Waals surface area contributed by atoms with Crippen LogP contribution in [0.15, 0.2) is 12.3 Å². The van der Waals surface area contributed by atoms with E-state index in [-0.39, 0.29) is 0 Å². The molecule has 4 nitrogen and oxygen atoms in total. The third-order valence-corrected chi connectivity index (χ3v) is 3.66. The van der Waals surface area contributed by atoms with Gasteiger partial charge in [0.2, 0.25) is 5.88 Å². The van der Waals surface area contributed by atoms with Crippen molar-refractivity contribution in [2.45, 2.75) is 39.2 Å². The van der Waals surface area contributed by atoms with Crippen molar-refractivity contribution < 1.29 is 4.74 Å². The van der Waals surface area contributed by atoms with Crippen LogP contribution in [0.5, 0.6) is 5.88 Å². The fraction of sp³-hybridized carbons (Fsp3) is 0.538. The zero-order valence-electron chi connectivity index (χ0n) is 10.2. The molecule has 2 aromatic heterocycles. The van der Waals surface area contributed by atoms with Crippen LogP contribution in [0.25, 0.3) is 10.9 Å². The predicted octanol–water partition coefficient (Wildman–Crippen LogP) is 2.83. The Hall–Kier alpha value is -1.58. The van der Waals surface area contributed by atoms with Crippen LogP contribution < -0.4 is 4.74 Å². The van der Waals surface area contributed by atoms with E-state index >= 15 is 0 Å². The minimum atomic E-state index is 0.308. The summed E-state index contributed by atoms with van der Waals surface area (Å²) in [7, 11) is 0. The molecule has 0 spiro atoms. The number of aryl methyl sites for hydroxylation is 1. The average molecular weight is 231 g/mol. The molecular formula is C13H17N3O. The number of nitrogens with zero attached hydrogens (tertiary/aromatic N) is 2. The number of pyridine rings is 1. The Balaban J connectivity index is 1.97. The Labute approximate surface area is 100 Å². The van der Waals surface area contributed by atoms with Gasteiger partial charge in [0.15, 0.2) is 0 Å². The topological polar surface area (TPSA) is 50.8 Å². The Kier molecular flexibility index (Phi) is 2.50. The number of fused-ring (bicyclic) bond motifs is 1. The van der Waals surface area contributed by atoms with Gasteiger partial charge in [-0.05, 0) is 38.2 Å². The molecule has 2 atom stereocenters. The van der Waals surface area contributed by atoms with E-state index in [1.165, 1.54) is 12.8 Å². The van der Waals surface area contributed by atoms with Crippen molar-refractivity contribution in [3.8, 4) is 5.88 Å². The van der Waals surface area contributed by atoms with Crippen LogP contribution in [0.3, 0.4) is 0 Å². The molecule has 0 saturated heterocycles. The summed E-state index contributed by atoms with van der Waals surface area (Å²) in [6, 6.07) is 1.91. The van der Waals surface area contributed by atoms with Crippen LogP contribution in [0, 0.1) is 12.8 Å². The lowest BCUT2D eigenvalue weighted by molar-refractivity contribution is 0.163. The Morgan fingerprint density at radius 3 is 3.06 bits per heavy atom. The highest BCUT2D eigenvalue weighted by molar-refractivity contribution is 5.85. The standard InChI is InChI=1S/C13H17N3O/c1-8-4-3-5-11(8)17-13-12-9(2)15-16-10(12)6-7-14-13/h6-8,11H,3-5H2,1-2H3,(H,15,16). The first-order chi connectivity index (χ1) is 8.25. The molecule has 2 unspecified atom stereocenters. The number of aromatic nitrogens is 3. The molecule has 2 heterocycles. The van der Waals surface area contributed by atoms with Gasteiger partial charge in [-0.3, -0.25) is 5.10 Å². The number of rotatable bonds is 2. The molecule has 1 aliphatic rings. The number of nitrogens with one attached hydrogen (secondary N) is 1. The highest BCUT2D eigenvalue weighted by Gasteiger charge is 2.26. The SMILES string of the molecule is Cc1[nH]nc2ccnc(OC3CCCC3C)c12. The van der Waals surface area contributed by atoms with Crippen LogP contribution in [0.1, 0.15) is 31.9 Å². The lowest BCUT2D eigenvalue weighted by Crippen LogP contribution is -2.19. The molecule has 4 heteroatoms. The predicted molar refractivity (Wildman–Crippen MR) is 66.1 cm³/mol. The largest absolute Gasteiger partial charge is 0.474 e. The van der Waals surface area contributed by atoms with Crippen LogP contribution in [0.2, 0.25) is 0 Å². The average Bonchev–Trinajstić information content (AvgIpc) is 2.88. The summed E-state index contributed by atoms with van der Waals surface area (Å²) in [5, 5.41) is 8.23. The second-order valence-corrected chi connectivity index (χ2v) is 4.92. The quantitative estimate of drug-likeness (QED) is 0.864. The van der Waals surface area contributed by atoms with Crippen molar-refractivity contribution in [3.05, 3.63) is 18.0 Å². The van der Waals surface area contributed by atoms with Gasteiger partial charge in [-0.25, -0.2) is 4.98 Å². The Morgan fingerprint density at radius 1 is 1.41 bits per heavy atom. The van der Waals surface area contributed by atoms with Gasteiger partial charge in [0.05, 0.1) is 10.9 Å². The first-order valence-corrected chi connectivity index (χ1v) is 6.22. The second-order valence-electron chi connectivity index (χ2n) is 4.92. The molecule has 17 heavy (non-hydrogen) atoms. The summed E-state index contributed by atoms with van der Waals surface area (Å²) in [4.78, 5) is 4.36. The van der Waals surface area contributed by atoms with E-state index in [1.54, 1.807) is 6.20 Å². The van der Waals surface area contributed by atoms with E-state index in [0.29, 0.717) is 12.0 Å². The first kappa shape index (κ1) is 10.6. The highest BCUT2D eigenvalue weighted by atomic mass is 16.5. The molecule has 0 amide bonds.